The monoisotopic (exact) mass is 258 g/mol. The highest BCUT2D eigenvalue weighted by atomic mass is 16.5. The van der Waals surface area contributed by atoms with Gasteiger partial charge in [0.05, 0.1) is 6.10 Å². The van der Waals surface area contributed by atoms with Crippen molar-refractivity contribution in [2.75, 3.05) is 27.2 Å². The highest BCUT2D eigenvalue weighted by Crippen LogP contribution is 2.20. The maximum atomic E-state index is 11.3. The Morgan fingerprint density at radius 2 is 2.17 bits per heavy atom. The van der Waals surface area contributed by atoms with E-state index in [2.05, 4.69) is 10.7 Å². The first-order valence-electron chi connectivity index (χ1n) is 6.11. The lowest BCUT2D eigenvalue weighted by Crippen LogP contribution is -2.40. The SMILES string of the molecule is CNC(=O)CCN(C)CC1CCC(C(=O)NN)O1. The number of rotatable bonds is 6. The summed E-state index contributed by atoms with van der Waals surface area (Å²) in [6.07, 6.45) is 1.58. The van der Waals surface area contributed by atoms with E-state index in [0.29, 0.717) is 25.9 Å². The first-order valence-corrected chi connectivity index (χ1v) is 6.11. The van der Waals surface area contributed by atoms with Crippen LogP contribution >= 0.6 is 0 Å². The Hall–Kier alpha value is -1.18. The van der Waals surface area contributed by atoms with E-state index in [1.807, 2.05) is 11.9 Å². The summed E-state index contributed by atoms with van der Waals surface area (Å²) >= 11 is 0. The van der Waals surface area contributed by atoms with Gasteiger partial charge < -0.3 is 15.0 Å². The van der Waals surface area contributed by atoms with Crippen LogP contribution in [0.2, 0.25) is 0 Å². The maximum absolute atomic E-state index is 11.3. The number of ether oxygens (including phenoxy) is 1. The molecule has 0 aromatic carbocycles. The Kier molecular flexibility index (Phi) is 6.03. The molecule has 0 aliphatic carbocycles. The van der Waals surface area contributed by atoms with Crippen molar-refractivity contribution >= 4 is 11.8 Å². The molecular weight excluding hydrogens is 236 g/mol. The number of nitrogens with zero attached hydrogens (tertiary/aromatic N) is 1. The number of hydrogen-bond donors (Lipinski definition) is 3. The molecule has 2 unspecified atom stereocenters. The van der Waals surface area contributed by atoms with Crippen LogP contribution in [-0.4, -0.2) is 56.1 Å². The van der Waals surface area contributed by atoms with Crippen LogP contribution < -0.4 is 16.6 Å². The topological polar surface area (TPSA) is 96.7 Å². The Labute approximate surface area is 107 Å². The van der Waals surface area contributed by atoms with Gasteiger partial charge in [-0.1, -0.05) is 0 Å². The van der Waals surface area contributed by atoms with E-state index >= 15 is 0 Å². The normalized spacial score (nSPS) is 23.1. The summed E-state index contributed by atoms with van der Waals surface area (Å²) < 4.78 is 5.58. The highest BCUT2D eigenvalue weighted by Gasteiger charge is 2.30. The molecule has 0 bridgehead atoms. The number of nitrogens with one attached hydrogen (secondary N) is 2. The molecule has 2 atom stereocenters. The molecule has 7 nitrogen and oxygen atoms in total. The lowest BCUT2D eigenvalue weighted by molar-refractivity contribution is -0.132. The quantitative estimate of drug-likeness (QED) is 0.309. The number of hydrogen-bond acceptors (Lipinski definition) is 5. The molecule has 1 saturated heterocycles. The van der Waals surface area contributed by atoms with E-state index in [1.165, 1.54) is 0 Å². The Morgan fingerprint density at radius 1 is 1.44 bits per heavy atom. The van der Waals surface area contributed by atoms with Crippen molar-refractivity contribution in [2.45, 2.75) is 31.5 Å². The van der Waals surface area contributed by atoms with Gasteiger partial charge in [-0.05, 0) is 19.9 Å². The van der Waals surface area contributed by atoms with Gasteiger partial charge in [-0.25, -0.2) is 5.84 Å². The minimum atomic E-state index is -0.438. The summed E-state index contributed by atoms with van der Waals surface area (Å²) in [7, 11) is 3.56. The van der Waals surface area contributed by atoms with Crippen molar-refractivity contribution in [3.05, 3.63) is 0 Å². The summed E-state index contributed by atoms with van der Waals surface area (Å²) in [5.41, 5.74) is 2.10. The first-order chi connectivity index (χ1) is 8.56. The van der Waals surface area contributed by atoms with Crippen LogP contribution in [-0.2, 0) is 14.3 Å². The standard InChI is InChI=1S/C11H22N4O3/c1-13-10(16)5-6-15(2)7-8-3-4-9(18-8)11(17)14-12/h8-9H,3-7,12H2,1-2H3,(H,13,16)(H,14,17). The summed E-state index contributed by atoms with van der Waals surface area (Å²) in [6.45, 7) is 1.39. The molecule has 0 saturated carbocycles. The second-order valence-corrected chi connectivity index (χ2v) is 4.52. The van der Waals surface area contributed by atoms with Crippen LogP contribution in [0.4, 0.5) is 0 Å². The number of hydrazine groups is 1. The van der Waals surface area contributed by atoms with Crippen LogP contribution in [0.3, 0.4) is 0 Å². The lowest BCUT2D eigenvalue weighted by atomic mass is 10.2. The zero-order valence-corrected chi connectivity index (χ0v) is 10.9. The van der Waals surface area contributed by atoms with Crippen LogP contribution in [0.15, 0.2) is 0 Å². The molecule has 7 heteroatoms. The smallest absolute Gasteiger partial charge is 0.263 e. The number of nitrogens with two attached hydrogens (primary N) is 1. The molecule has 1 aliphatic heterocycles. The number of amides is 2. The van der Waals surface area contributed by atoms with E-state index in [4.69, 9.17) is 10.6 Å². The Morgan fingerprint density at radius 3 is 2.78 bits per heavy atom. The minimum Gasteiger partial charge on any atom is -0.364 e. The van der Waals surface area contributed by atoms with E-state index in [-0.39, 0.29) is 17.9 Å². The lowest BCUT2D eigenvalue weighted by Gasteiger charge is -2.20. The zero-order chi connectivity index (χ0) is 13.5. The van der Waals surface area contributed by atoms with Gasteiger partial charge in [0.15, 0.2) is 0 Å². The fourth-order valence-corrected chi connectivity index (χ4v) is 1.98. The molecule has 104 valence electrons. The van der Waals surface area contributed by atoms with Gasteiger partial charge in [0.2, 0.25) is 5.91 Å². The summed E-state index contributed by atoms with van der Waals surface area (Å²) in [5, 5.41) is 2.58. The van der Waals surface area contributed by atoms with E-state index in [9.17, 15) is 9.59 Å². The fourth-order valence-electron chi connectivity index (χ4n) is 1.98. The average molecular weight is 258 g/mol. The second-order valence-electron chi connectivity index (χ2n) is 4.52. The van der Waals surface area contributed by atoms with E-state index < -0.39 is 6.10 Å². The van der Waals surface area contributed by atoms with E-state index in [0.717, 1.165) is 6.42 Å². The molecule has 1 rings (SSSR count). The average Bonchev–Trinajstić information content (AvgIpc) is 2.83. The van der Waals surface area contributed by atoms with Gasteiger partial charge in [-0.15, -0.1) is 0 Å². The Bertz CT molecular complexity index is 298. The molecule has 18 heavy (non-hydrogen) atoms. The third-order valence-electron chi connectivity index (χ3n) is 3.06. The fraction of sp³-hybridized carbons (Fsp3) is 0.818. The minimum absolute atomic E-state index is 0.0228. The van der Waals surface area contributed by atoms with Gasteiger partial charge in [0.25, 0.3) is 5.91 Å². The summed E-state index contributed by atoms with van der Waals surface area (Å²) in [5.74, 6) is 4.81. The molecule has 0 aromatic heterocycles. The van der Waals surface area contributed by atoms with Gasteiger partial charge >= 0.3 is 0 Å². The summed E-state index contributed by atoms with van der Waals surface area (Å²) in [6, 6.07) is 0. The second kappa shape index (κ2) is 7.30. The number of carbonyl (C=O) groups is 2. The third-order valence-corrected chi connectivity index (χ3v) is 3.06. The maximum Gasteiger partial charge on any atom is 0.263 e. The van der Waals surface area contributed by atoms with Crippen LogP contribution in [0.1, 0.15) is 19.3 Å². The molecule has 4 N–H and O–H groups in total. The Balaban J connectivity index is 2.23. The van der Waals surface area contributed by atoms with Gasteiger partial charge in [-0.2, -0.15) is 0 Å². The van der Waals surface area contributed by atoms with Crippen molar-refractivity contribution < 1.29 is 14.3 Å². The molecular formula is C11H22N4O3. The molecule has 2 amide bonds. The van der Waals surface area contributed by atoms with Crippen molar-refractivity contribution in [3.8, 4) is 0 Å². The molecule has 0 radical (unpaired) electrons. The van der Waals surface area contributed by atoms with Crippen molar-refractivity contribution in [2.24, 2.45) is 5.84 Å². The first kappa shape index (κ1) is 14.9. The zero-order valence-electron chi connectivity index (χ0n) is 10.9. The molecule has 0 spiro atoms. The van der Waals surface area contributed by atoms with E-state index in [1.54, 1.807) is 7.05 Å². The van der Waals surface area contributed by atoms with Crippen LogP contribution in [0.5, 0.6) is 0 Å². The van der Waals surface area contributed by atoms with Crippen molar-refractivity contribution in [3.63, 3.8) is 0 Å². The molecule has 1 heterocycles. The molecule has 1 fully saturated rings. The van der Waals surface area contributed by atoms with Gasteiger partial charge in [0.1, 0.15) is 6.10 Å². The largest absolute Gasteiger partial charge is 0.364 e. The van der Waals surface area contributed by atoms with Gasteiger partial charge in [-0.3, -0.25) is 15.0 Å². The van der Waals surface area contributed by atoms with Gasteiger partial charge in [0, 0.05) is 26.6 Å². The predicted octanol–water partition coefficient (Wildman–Crippen LogP) is -1.41. The van der Waals surface area contributed by atoms with Crippen LogP contribution in [0, 0.1) is 0 Å². The van der Waals surface area contributed by atoms with Crippen molar-refractivity contribution in [1.29, 1.82) is 0 Å². The summed E-state index contributed by atoms with van der Waals surface area (Å²) in [4.78, 5) is 24.4. The molecule has 1 aliphatic rings. The van der Waals surface area contributed by atoms with Crippen LogP contribution in [0.25, 0.3) is 0 Å². The van der Waals surface area contributed by atoms with Crippen molar-refractivity contribution in [1.82, 2.24) is 15.6 Å². The highest BCUT2D eigenvalue weighted by molar-refractivity contribution is 5.80. The predicted molar refractivity (Wildman–Crippen MR) is 66.4 cm³/mol. The number of carbonyl (C=O) groups excluding carboxylic acids is 2. The molecule has 0 aromatic rings. The number of likely N-dealkylation sites (N-methyl/N-ethyl adjacent to an activating group) is 1. The third kappa shape index (κ3) is 4.59.